The predicted molar refractivity (Wildman–Crippen MR) is 264 cm³/mol. The van der Waals surface area contributed by atoms with Crippen LogP contribution in [0.25, 0.3) is 65.3 Å². The van der Waals surface area contributed by atoms with Crippen LogP contribution in [0.3, 0.4) is 0 Å². The molecule has 2 fully saturated rings. The Morgan fingerprint density at radius 2 is 0.783 bits per heavy atom. The fourth-order valence-electron chi connectivity index (χ4n) is 10.3. The molecular weight excluding hydrogens is 863 g/mol. The van der Waals surface area contributed by atoms with Crippen LogP contribution >= 0.6 is 17.0 Å². The maximum atomic E-state index is 4.93. The molecule has 0 aliphatic heterocycles. The van der Waals surface area contributed by atoms with E-state index in [1.807, 2.05) is 0 Å². The number of hydrogen-bond donors (Lipinski definition) is 0. The molecule has 0 atom stereocenters. The second kappa shape index (κ2) is 21.2. The van der Waals surface area contributed by atoms with Gasteiger partial charge in [-0.3, -0.25) is 0 Å². The van der Waals surface area contributed by atoms with Crippen molar-refractivity contribution in [3.8, 4) is 22.3 Å². The Bertz CT molecular complexity index is 2410. The van der Waals surface area contributed by atoms with Gasteiger partial charge in [-0.1, -0.05) is 174 Å². The molecule has 0 N–H and O–H groups in total. The summed E-state index contributed by atoms with van der Waals surface area (Å²) in [5.41, 5.74) is 9.43. The summed E-state index contributed by atoms with van der Waals surface area (Å²) in [6.07, 6.45) is 16.4. The predicted octanol–water partition coefficient (Wildman–Crippen LogP) is 17.9. The molecule has 0 nitrogen and oxygen atoms in total. The van der Waals surface area contributed by atoms with Crippen molar-refractivity contribution in [1.82, 2.24) is 0 Å². The van der Waals surface area contributed by atoms with Crippen LogP contribution in [0.1, 0.15) is 89.2 Å². The quantitative estimate of drug-likeness (QED) is 0.115. The van der Waals surface area contributed by atoms with E-state index in [0.717, 1.165) is 9.52 Å². The zero-order valence-electron chi connectivity index (χ0n) is 36.1. The SMILES string of the molecule is CC1(Cc2cc3c(-c4cccc5ccccc45)cccc3[cH-]2)CCCCC1.CC1(Cc2cc3c(-c4cccc5ccccc45)cccc3[cH-]2)CCCCC1.C[Si]C.[Cl][Zr+2][Cl]. The normalized spacial score (nSPS) is 15.6. The Hall–Kier alpha value is -3.26. The van der Waals surface area contributed by atoms with Crippen molar-refractivity contribution in [3.05, 3.63) is 157 Å². The van der Waals surface area contributed by atoms with Crippen molar-refractivity contribution in [2.24, 2.45) is 10.8 Å². The Kier molecular flexibility index (Phi) is 15.8. The second-order valence-corrected chi connectivity index (χ2v) is 22.8. The Morgan fingerprint density at radius 3 is 1.17 bits per heavy atom. The van der Waals surface area contributed by atoms with E-state index in [-0.39, 0.29) is 0 Å². The van der Waals surface area contributed by atoms with Gasteiger partial charge < -0.3 is 0 Å². The molecular formula is C56H60Cl2SiZr. The van der Waals surface area contributed by atoms with Gasteiger partial charge in [0.25, 0.3) is 0 Å². The van der Waals surface area contributed by atoms with Crippen molar-refractivity contribution in [2.75, 3.05) is 0 Å². The van der Waals surface area contributed by atoms with E-state index in [4.69, 9.17) is 17.0 Å². The number of rotatable bonds is 6. The molecule has 2 aliphatic rings. The van der Waals surface area contributed by atoms with E-state index in [9.17, 15) is 0 Å². The van der Waals surface area contributed by atoms with E-state index in [1.165, 1.54) is 154 Å². The first-order chi connectivity index (χ1) is 29.3. The molecule has 8 aromatic rings. The summed E-state index contributed by atoms with van der Waals surface area (Å²) in [7, 11) is 11.0. The summed E-state index contributed by atoms with van der Waals surface area (Å²) in [5.74, 6) is 0. The van der Waals surface area contributed by atoms with Crippen LogP contribution in [0.5, 0.6) is 0 Å². The van der Waals surface area contributed by atoms with E-state index in [0.29, 0.717) is 10.8 Å². The second-order valence-electron chi connectivity index (χ2n) is 18.1. The number of halogens is 2. The summed E-state index contributed by atoms with van der Waals surface area (Å²) in [6.45, 7) is 9.30. The van der Waals surface area contributed by atoms with E-state index in [1.54, 1.807) is 0 Å². The minimum atomic E-state index is -0.826. The van der Waals surface area contributed by atoms with Crippen LogP contribution in [0.4, 0.5) is 0 Å². The van der Waals surface area contributed by atoms with E-state index in [2.05, 4.69) is 173 Å². The third kappa shape index (κ3) is 10.8. The van der Waals surface area contributed by atoms with Crippen LogP contribution < -0.4 is 0 Å². The molecule has 2 aliphatic carbocycles. The third-order valence-corrected chi connectivity index (χ3v) is 13.2. The van der Waals surface area contributed by atoms with Crippen LogP contribution in [-0.4, -0.2) is 9.52 Å². The number of benzene rings is 6. The van der Waals surface area contributed by atoms with Crippen molar-refractivity contribution in [3.63, 3.8) is 0 Å². The Balaban J connectivity index is 0.000000161. The first-order valence-corrected chi connectivity index (χ1v) is 30.5. The fourth-order valence-corrected chi connectivity index (χ4v) is 10.3. The van der Waals surface area contributed by atoms with Gasteiger partial charge in [0.1, 0.15) is 0 Å². The van der Waals surface area contributed by atoms with Crippen LogP contribution in [0.15, 0.2) is 146 Å². The third-order valence-electron chi connectivity index (χ3n) is 13.2. The molecule has 0 unspecified atom stereocenters. The first-order valence-electron chi connectivity index (χ1n) is 22.1. The van der Waals surface area contributed by atoms with Crippen LogP contribution in [0.2, 0.25) is 13.1 Å². The van der Waals surface area contributed by atoms with Crippen LogP contribution in [-0.2, 0) is 33.7 Å². The van der Waals surface area contributed by atoms with Crippen molar-refractivity contribution >= 4 is 69.6 Å². The molecule has 0 saturated heterocycles. The topological polar surface area (TPSA) is 0 Å². The monoisotopic (exact) mass is 920 g/mol. The van der Waals surface area contributed by atoms with Gasteiger partial charge in [-0.05, 0) is 82.0 Å². The standard InChI is InChI=1S/2C27H27.C2H6Si.2ClH.Zr/c2*1-27(15-5-2-6-16-27)19-20-17-22-11-8-14-25(26(22)18-20)24-13-7-10-21-9-3-4-12-23(21)24;1-3-2;;;/h2*3-4,7-14,17-18H,2,5-6,15-16,19H2,1H3;1-2H3;2*1H;/q2*-1;;;;+4/p-2. The van der Waals surface area contributed by atoms with Gasteiger partial charge in [-0.2, -0.15) is 12.1 Å². The van der Waals surface area contributed by atoms with Crippen molar-refractivity contribution < 1.29 is 20.8 Å². The maximum absolute atomic E-state index is 4.93. The van der Waals surface area contributed by atoms with Gasteiger partial charge in [0.15, 0.2) is 0 Å². The summed E-state index contributed by atoms with van der Waals surface area (Å²) in [5, 5.41) is 10.9. The molecule has 0 spiro atoms. The van der Waals surface area contributed by atoms with Gasteiger partial charge >= 0.3 is 37.9 Å². The molecule has 2 saturated carbocycles. The molecule has 8 aromatic carbocycles. The molecule has 10 rings (SSSR count). The van der Waals surface area contributed by atoms with Gasteiger partial charge in [-0.25, -0.2) is 0 Å². The Labute approximate surface area is 381 Å². The van der Waals surface area contributed by atoms with Crippen LogP contribution in [0, 0.1) is 10.8 Å². The number of fused-ring (bicyclic) bond motifs is 4. The summed E-state index contributed by atoms with van der Waals surface area (Å²) in [4.78, 5) is 0. The summed E-state index contributed by atoms with van der Waals surface area (Å²) in [6, 6.07) is 54.1. The molecule has 0 heterocycles. The zero-order chi connectivity index (χ0) is 42.0. The molecule has 306 valence electrons. The minimum absolute atomic E-state index is 0.488. The molecule has 60 heavy (non-hydrogen) atoms. The van der Waals surface area contributed by atoms with Crippen molar-refractivity contribution in [2.45, 2.75) is 104 Å². The summed E-state index contributed by atoms with van der Waals surface area (Å²) < 4.78 is 0. The van der Waals surface area contributed by atoms with Gasteiger partial charge in [0, 0.05) is 9.52 Å². The molecule has 2 radical (unpaired) electrons. The van der Waals surface area contributed by atoms with Gasteiger partial charge in [0.2, 0.25) is 0 Å². The average Bonchev–Trinajstić information content (AvgIpc) is 3.87. The summed E-state index contributed by atoms with van der Waals surface area (Å²) >= 11 is -0.826. The fraction of sp³-hybridized carbons (Fsp3) is 0.321. The average molecular weight is 923 g/mol. The molecule has 0 aromatic heterocycles. The van der Waals surface area contributed by atoms with Crippen molar-refractivity contribution in [1.29, 1.82) is 0 Å². The van der Waals surface area contributed by atoms with E-state index < -0.39 is 20.8 Å². The zero-order valence-corrected chi connectivity index (χ0v) is 41.1. The van der Waals surface area contributed by atoms with E-state index >= 15 is 0 Å². The first kappa shape index (κ1) is 44.8. The molecule has 4 heteroatoms. The Morgan fingerprint density at radius 1 is 0.467 bits per heavy atom. The molecule has 0 amide bonds. The molecule has 0 bridgehead atoms. The van der Waals surface area contributed by atoms with Gasteiger partial charge in [0.05, 0.1) is 0 Å². The number of hydrogen-bond acceptors (Lipinski definition) is 0. The van der Waals surface area contributed by atoms with Gasteiger partial charge in [-0.15, -0.1) is 69.1 Å².